The maximum Gasteiger partial charge on any atom is 0.460 e. The molecule has 0 spiro atoms. The van der Waals surface area contributed by atoms with E-state index in [0.717, 1.165) is 12.1 Å². The SMILES string of the molecule is CCOC(=O)/C=C/C=C/CC[C@@H](OC)[C@H](OC(=O)Nc1ccc(F)cc1F)c1ccc(OCCO[Si](CCC(F)(F)C(F)(F)C(F)(F)C(F)(F)C(F)(F)C(F)(F)C(F)(F)C(F)(F)F)(C(C)C)C(C)C)cc1. The third-order valence-corrected chi connectivity index (χ3v) is 16.6. The number of benzene rings is 2. The van der Waals surface area contributed by atoms with Crippen molar-refractivity contribution in [3.8, 4) is 5.75 Å². The molecule has 0 aliphatic rings. The lowest BCUT2D eigenvalue weighted by atomic mass is 9.88. The van der Waals surface area contributed by atoms with Crippen molar-refractivity contribution in [2.45, 2.75) is 131 Å². The molecular formula is C43H48F19NO7Si. The lowest BCUT2D eigenvalue weighted by Gasteiger charge is -2.44. The van der Waals surface area contributed by atoms with Crippen molar-refractivity contribution < 1.29 is 116 Å². The van der Waals surface area contributed by atoms with E-state index in [-0.39, 0.29) is 30.8 Å². The van der Waals surface area contributed by atoms with Gasteiger partial charge in [0, 0.05) is 25.7 Å². The molecule has 0 fully saturated rings. The van der Waals surface area contributed by atoms with E-state index in [1.807, 2.05) is 0 Å². The predicted molar refractivity (Wildman–Crippen MR) is 218 cm³/mol. The van der Waals surface area contributed by atoms with Gasteiger partial charge in [-0.25, -0.2) is 18.4 Å². The van der Waals surface area contributed by atoms with Gasteiger partial charge in [0.25, 0.3) is 0 Å². The van der Waals surface area contributed by atoms with Gasteiger partial charge in [-0.15, -0.1) is 0 Å². The Hall–Kier alpha value is -4.73. The number of anilines is 1. The van der Waals surface area contributed by atoms with Gasteiger partial charge in [0.2, 0.25) is 0 Å². The molecule has 404 valence electrons. The Bertz CT molecular complexity index is 2110. The summed E-state index contributed by atoms with van der Waals surface area (Å²) in [5.41, 5.74) is -2.06. The van der Waals surface area contributed by atoms with E-state index in [1.54, 1.807) is 13.0 Å². The molecule has 0 aliphatic heterocycles. The molecule has 0 aliphatic carbocycles. The third-order valence-electron chi connectivity index (χ3n) is 10.9. The van der Waals surface area contributed by atoms with E-state index < -0.39 is 134 Å². The summed E-state index contributed by atoms with van der Waals surface area (Å²) in [4.78, 5) is 24.5. The smallest absolute Gasteiger partial charge is 0.460 e. The molecule has 28 heteroatoms. The third kappa shape index (κ3) is 13.7. The Labute approximate surface area is 395 Å². The van der Waals surface area contributed by atoms with Gasteiger partial charge in [-0.1, -0.05) is 58.1 Å². The van der Waals surface area contributed by atoms with Crippen LogP contribution >= 0.6 is 0 Å². The van der Waals surface area contributed by atoms with E-state index in [4.69, 9.17) is 23.4 Å². The fraction of sp³-hybridized carbons (Fsp3) is 0.581. The highest BCUT2D eigenvalue weighted by molar-refractivity contribution is 6.76. The van der Waals surface area contributed by atoms with Gasteiger partial charge in [0.1, 0.15) is 24.0 Å². The Morgan fingerprint density at radius 3 is 1.73 bits per heavy atom. The summed E-state index contributed by atoms with van der Waals surface area (Å²) in [7, 11) is -2.79. The Morgan fingerprint density at radius 2 is 1.24 bits per heavy atom. The quantitative estimate of drug-likeness (QED) is 0.0238. The number of esters is 1. The number of nitrogens with one attached hydrogen (secondary N) is 1. The van der Waals surface area contributed by atoms with Crippen molar-refractivity contribution in [2.75, 3.05) is 32.2 Å². The predicted octanol–water partition coefficient (Wildman–Crippen LogP) is 14.3. The molecule has 0 bridgehead atoms. The van der Waals surface area contributed by atoms with Crippen molar-refractivity contribution in [1.82, 2.24) is 0 Å². The first-order valence-corrected chi connectivity index (χ1v) is 23.2. The first-order valence-electron chi connectivity index (χ1n) is 20.9. The summed E-state index contributed by atoms with van der Waals surface area (Å²) in [6.07, 6.45) is -7.65. The average Bonchev–Trinajstić information content (AvgIpc) is 3.25. The summed E-state index contributed by atoms with van der Waals surface area (Å²) in [6.45, 7) is 5.84. The molecule has 0 aromatic heterocycles. The number of hydrogen-bond acceptors (Lipinski definition) is 7. The van der Waals surface area contributed by atoms with Crippen LogP contribution in [0, 0.1) is 11.6 Å². The highest BCUT2D eigenvalue weighted by Crippen LogP contribution is 2.64. The van der Waals surface area contributed by atoms with E-state index in [1.165, 1.54) is 77.3 Å². The molecule has 2 aromatic carbocycles. The second-order valence-corrected chi connectivity index (χ2v) is 21.2. The minimum Gasteiger partial charge on any atom is -0.491 e. The van der Waals surface area contributed by atoms with Gasteiger partial charge in [-0.05, 0) is 66.7 Å². The lowest BCUT2D eigenvalue weighted by molar-refractivity contribution is -0.461. The molecule has 0 unspecified atom stereocenters. The van der Waals surface area contributed by atoms with E-state index in [9.17, 15) is 84.2 Å². The Morgan fingerprint density at radius 1 is 0.704 bits per heavy atom. The number of methoxy groups -OCH3 is 1. The van der Waals surface area contributed by atoms with Crippen LogP contribution in [0.3, 0.4) is 0 Å². The monoisotopic (exact) mass is 1080 g/mol. The number of rotatable bonds is 27. The molecule has 0 saturated heterocycles. The first kappa shape index (κ1) is 62.4. The Balaban J connectivity index is 2.33. The number of alkyl halides is 17. The van der Waals surface area contributed by atoms with Crippen molar-refractivity contribution in [3.05, 3.63) is 84.0 Å². The van der Waals surface area contributed by atoms with Crippen LogP contribution in [0.5, 0.6) is 5.75 Å². The van der Waals surface area contributed by atoms with Crippen LogP contribution < -0.4 is 10.1 Å². The van der Waals surface area contributed by atoms with Crippen LogP contribution in [-0.2, 0) is 23.4 Å². The summed E-state index contributed by atoms with van der Waals surface area (Å²) in [5.74, 6) is -59.7. The number of allylic oxidation sites excluding steroid dienone is 3. The van der Waals surface area contributed by atoms with Gasteiger partial charge < -0.3 is 23.4 Å². The standard InChI is InChI=1S/C43H48F19NO7Si/c1-7-67-33(64)13-11-9-8-10-12-32(66-6)34(70-35(65)63-31-19-16-28(44)24-30(31)45)27-14-17-29(18-15-27)68-21-22-69-71(25(2)3,26(4)5)23-20-36(46,47)37(48,49)38(50,51)39(52,53)40(54,55)41(56,57)42(58,59)43(60,61)62/h8-9,11,13-19,24-26,32,34H,7,10,12,20-23H2,1-6H3,(H,63,65)/b9-8+,13-11+/t32-,34-/m1/s1. The first-order chi connectivity index (χ1) is 32.4. The van der Waals surface area contributed by atoms with Gasteiger partial charge in [0.15, 0.2) is 14.4 Å². The zero-order valence-electron chi connectivity index (χ0n) is 38.1. The molecule has 2 aromatic rings. The van der Waals surface area contributed by atoms with Crippen LogP contribution in [0.25, 0.3) is 0 Å². The number of amides is 1. The largest absolute Gasteiger partial charge is 0.491 e. The minimum absolute atomic E-state index is 0.0327. The minimum atomic E-state index is -8.73. The molecule has 1 amide bonds. The Kier molecular flexibility index (Phi) is 21.0. The summed E-state index contributed by atoms with van der Waals surface area (Å²) >= 11 is 0. The number of carbonyl (C=O) groups excluding carboxylic acids is 2. The summed E-state index contributed by atoms with van der Waals surface area (Å²) in [6, 6.07) is 6.30. The van der Waals surface area contributed by atoms with Crippen LogP contribution in [0.1, 0.15) is 65.5 Å². The molecule has 71 heavy (non-hydrogen) atoms. The maximum atomic E-state index is 15.0. The van der Waals surface area contributed by atoms with Gasteiger partial charge in [-0.2, -0.15) is 74.6 Å². The second kappa shape index (κ2) is 23.9. The molecule has 0 saturated carbocycles. The van der Waals surface area contributed by atoms with Gasteiger partial charge in [0.05, 0.1) is 25.0 Å². The molecular weight excluding hydrogens is 1030 g/mol. The van der Waals surface area contributed by atoms with Crippen molar-refractivity contribution in [1.29, 1.82) is 0 Å². The molecule has 2 atom stereocenters. The highest BCUT2D eigenvalue weighted by atomic mass is 28.4. The fourth-order valence-corrected chi connectivity index (χ4v) is 11.3. The topological polar surface area (TPSA) is 92.3 Å². The van der Waals surface area contributed by atoms with Crippen molar-refractivity contribution in [2.24, 2.45) is 0 Å². The van der Waals surface area contributed by atoms with E-state index in [0.29, 0.717) is 6.07 Å². The number of halogens is 19. The molecule has 2 rings (SSSR count). The van der Waals surface area contributed by atoms with Crippen LogP contribution in [0.4, 0.5) is 93.9 Å². The fourth-order valence-electron chi connectivity index (χ4n) is 6.86. The number of ether oxygens (including phenoxy) is 4. The number of hydrogen-bond donors (Lipinski definition) is 1. The zero-order valence-corrected chi connectivity index (χ0v) is 39.1. The van der Waals surface area contributed by atoms with Crippen LogP contribution in [0.2, 0.25) is 17.1 Å². The van der Waals surface area contributed by atoms with Crippen molar-refractivity contribution >= 4 is 26.1 Å². The normalized spacial score (nSPS) is 14.9. The van der Waals surface area contributed by atoms with Crippen LogP contribution in [-0.4, -0.2) is 101 Å². The van der Waals surface area contributed by atoms with Crippen molar-refractivity contribution in [3.63, 3.8) is 0 Å². The number of carbonyl (C=O) groups is 2. The van der Waals surface area contributed by atoms with E-state index >= 15 is 8.78 Å². The van der Waals surface area contributed by atoms with Gasteiger partial charge >= 0.3 is 59.7 Å². The zero-order chi connectivity index (χ0) is 54.8. The summed E-state index contributed by atoms with van der Waals surface area (Å²) in [5, 5.41) is 2.14. The molecule has 0 radical (unpaired) electrons. The average molecular weight is 1080 g/mol. The van der Waals surface area contributed by atoms with Crippen LogP contribution in [0.15, 0.2) is 66.8 Å². The molecule has 1 N–H and O–H groups in total. The second-order valence-electron chi connectivity index (χ2n) is 16.1. The maximum absolute atomic E-state index is 15.0. The molecule has 8 nitrogen and oxygen atoms in total. The van der Waals surface area contributed by atoms with E-state index in [2.05, 4.69) is 5.32 Å². The summed E-state index contributed by atoms with van der Waals surface area (Å²) < 4.78 is 292. The highest BCUT2D eigenvalue weighted by Gasteiger charge is 2.95. The van der Waals surface area contributed by atoms with Gasteiger partial charge in [-0.3, -0.25) is 5.32 Å². The molecule has 0 heterocycles. The lowest BCUT2D eigenvalue weighted by Crippen LogP contribution is -2.74.